The molecule has 0 aliphatic carbocycles. The Morgan fingerprint density at radius 3 is 2.88 bits per heavy atom. The van der Waals surface area contributed by atoms with Gasteiger partial charge in [0, 0.05) is 53.6 Å². The van der Waals surface area contributed by atoms with Crippen LogP contribution in [0.1, 0.15) is 39.3 Å². The molecule has 3 aromatic rings. The number of hydrogen-bond acceptors (Lipinski definition) is 7. The lowest BCUT2D eigenvalue weighted by Gasteiger charge is -2.24. The minimum Gasteiger partial charge on any atom is -0.357 e. The SMILES string of the molecule is C=CC(=O)c1[nH]cc(-c2nc(NC3CCCNC3)ncc2C(F)(F)F)c1/C=C\Cc1cncs1. The third kappa shape index (κ3) is 5.42. The predicted octanol–water partition coefficient (Wildman–Crippen LogP) is 4.74. The Hall–Kier alpha value is -3.31. The standard InChI is InChI=1S/C23H23F3N6OS/c1-2-19(33)21-16(7-3-6-15-10-28-13-34-15)17(11-29-21)20-18(23(24,25)26)12-30-22(32-20)31-14-5-4-8-27-9-14/h2-3,7,10-14,27,29H,1,4-6,8-9H2,(H,30,31,32)/b7-3-. The van der Waals surface area contributed by atoms with E-state index in [0.717, 1.165) is 36.5 Å². The fourth-order valence-electron chi connectivity index (χ4n) is 3.77. The number of hydrogen-bond donors (Lipinski definition) is 3. The van der Waals surface area contributed by atoms with Gasteiger partial charge >= 0.3 is 6.18 Å². The first-order valence-electron chi connectivity index (χ1n) is 10.7. The van der Waals surface area contributed by atoms with Gasteiger partial charge in [0.05, 0.1) is 16.9 Å². The number of thiazole rings is 1. The molecule has 1 fully saturated rings. The quantitative estimate of drug-likeness (QED) is 0.313. The van der Waals surface area contributed by atoms with Crippen molar-refractivity contribution in [2.75, 3.05) is 18.4 Å². The summed E-state index contributed by atoms with van der Waals surface area (Å²) < 4.78 is 41.7. The maximum atomic E-state index is 13.9. The van der Waals surface area contributed by atoms with Crippen molar-refractivity contribution in [2.24, 2.45) is 0 Å². The number of alkyl halides is 3. The molecule has 0 spiro atoms. The molecule has 34 heavy (non-hydrogen) atoms. The van der Waals surface area contributed by atoms with E-state index >= 15 is 0 Å². The number of carbonyl (C=O) groups is 1. The number of aromatic amines is 1. The molecule has 0 radical (unpaired) electrons. The van der Waals surface area contributed by atoms with Crippen LogP contribution in [0.2, 0.25) is 0 Å². The summed E-state index contributed by atoms with van der Waals surface area (Å²) in [6.07, 6.45) is 6.05. The maximum Gasteiger partial charge on any atom is 0.419 e. The Morgan fingerprint density at radius 2 is 2.21 bits per heavy atom. The largest absolute Gasteiger partial charge is 0.419 e. The second-order valence-electron chi connectivity index (χ2n) is 7.77. The number of rotatable bonds is 8. The highest BCUT2D eigenvalue weighted by molar-refractivity contribution is 7.09. The van der Waals surface area contributed by atoms with Gasteiger partial charge in [0.1, 0.15) is 5.56 Å². The topological polar surface area (TPSA) is 95.6 Å². The van der Waals surface area contributed by atoms with Crippen LogP contribution in [-0.2, 0) is 12.6 Å². The van der Waals surface area contributed by atoms with E-state index in [1.165, 1.54) is 17.5 Å². The Kier molecular flexibility index (Phi) is 7.23. The molecule has 7 nitrogen and oxygen atoms in total. The molecule has 1 aliphatic rings. The number of aromatic nitrogens is 4. The number of carbonyl (C=O) groups excluding carboxylic acids is 1. The summed E-state index contributed by atoms with van der Waals surface area (Å²) in [6, 6.07) is 0.0150. The molecule has 178 valence electrons. The van der Waals surface area contributed by atoms with Crippen LogP contribution < -0.4 is 10.6 Å². The van der Waals surface area contributed by atoms with Gasteiger partial charge in [-0.25, -0.2) is 9.97 Å². The third-order valence-corrected chi connectivity index (χ3v) is 6.22. The van der Waals surface area contributed by atoms with E-state index in [2.05, 4.69) is 37.1 Å². The molecule has 0 saturated carbocycles. The van der Waals surface area contributed by atoms with Gasteiger partial charge in [0.25, 0.3) is 0 Å². The normalized spacial score (nSPS) is 16.6. The lowest BCUT2D eigenvalue weighted by Crippen LogP contribution is -2.38. The molecule has 1 aliphatic heterocycles. The summed E-state index contributed by atoms with van der Waals surface area (Å²) in [5.41, 5.74) is 1.03. The van der Waals surface area contributed by atoms with Gasteiger partial charge < -0.3 is 15.6 Å². The lowest BCUT2D eigenvalue weighted by atomic mass is 10.0. The van der Waals surface area contributed by atoms with Crippen LogP contribution in [-0.4, -0.2) is 44.9 Å². The van der Waals surface area contributed by atoms with Crippen molar-refractivity contribution in [3.63, 3.8) is 0 Å². The van der Waals surface area contributed by atoms with Crippen molar-refractivity contribution < 1.29 is 18.0 Å². The van der Waals surface area contributed by atoms with E-state index in [0.29, 0.717) is 18.5 Å². The molecular weight excluding hydrogens is 465 g/mol. The molecule has 3 aromatic heterocycles. The maximum absolute atomic E-state index is 13.9. The number of nitrogens with zero attached hydrogens (tertiary/aromatic N) is 3. The molecular formula is C23H23F3N6OS. The molecule has 1 unspecified atom stereocenters. The summed E-state index contributed by atoms with van der Waals surface area (Å²) in [5.74, 6) is -0.327. The van der Waals surface area contributed by atoms with Crippen LogP contribution in [0.15, 0.2) is 42.8 Å². The van der Waals surface area contributed by atoms with Crippen LogP contribution in [0.5, 0.6) is 0 Å². The van der Waals surface area contributed by atoms with E-state index in [1.807, 2.05) is 0 Å². The highest BCUT2D eigenvalue weighted by Gasteiger charge is 2.36. The van der Waals surface area contributed by atoms with Crippen LogP contribution in [0.4, 0.5) is 19.1 Å². The molecule has 4 heterocycles. The van der Waals surface area contributed by atoms with E-state index in [4.69, 9.17) is 0 Å². The number of H-pyrrole nitrogens is 1. The van der Waals surface area contributed by atoms with Crippen LogP contribution in [0.3, 0.4) is 0 Å². The second kappa shape index (κ2) is 10.3. The van der Waals surface area contributed by atoms with Gasteiger partial charge in [-0.3, -0.25) is 9.78 Å². The monoisotopic (exact) mass is 488 g/mol. The zero-order chi connectivity index (χ0) is 24.1. The van der Waals surface area contributed by atoms with Crippen molar-refractivity contribution in [3.8, 4) is 11.3 Å². The van der Waals surface area contributed by atoms with Crippen LogP contribution >= 0.6 is 11.3 Å². The summed E-state index contributed by atoms with van der Waals surface area (Å²) in [7, 11) is 0. The van der Waals surface area contributed by atoms with Crippen molar-refractivity contribution in [1.29, 1.82) is 0 Å². The van der Waals surface area contributed by atoms with Gasteiger partial charge in [-0.15, -0.1) is 11.3 Å². The summed E-state index contributed by atoms with van der Waals surface area (Å²) >= 11 is 1.46. The van der Waals surface area contributed by atoms with E-state index in [9.17, 15) is 18.0 Å². The van der Waals surface area contributed by atoms with Gasteiger partial charge in [-0.2, -0.15) is 13.2 Å². The highest BCUT2D eigenvalue weighted by Crippen LogP contribution is 2.38. The van der Waals surface area contributed by atoms with Gasteiger partial charge in [0.15, 0.2) is 0 Å². The molecule has 3 N–H and O–H groups in total. The number of nitrogens with one attached hydrogen (secondary N) is 3. The number of allylic oxidation sites excluding steroid dienone is 2. The first-order chi connectivity index (χ1) is 16.4. The smallest absolute Gasteiger partial charge is 0.357 e. The molecule has 4 rings (SSSR count). The summed E-state index contributed by atoms with van der Waals surface area (Å²) in [4.78, 5) is 28.4. The zero-order valence-corrected chi connectivity index (χ0v) is 19.0. The van der Waals surface area contributed by atoms with E-state index < -0.39 is 17.5 Å². The number of piperidine rings is 1. The average Bonchev–Trinajstić information content (AvgIpc) is 3.49. The summed E-state index contributed by atoms with van der Waals surface area (Å²) in [5, 5.41) is 6.36. The van der Waals surface area contributed by atoms with Gasteiger partial charge in [-0.05, 0) is 25.5 Å². The van der Waals surface area contributed by atoms with Crippen LogP contribution in [0, 0.1) is 0 Å². The minimum absolute atomic E-state index is 0.0150. The first kappa shape index (κ1) is 23.8. The van der Waals surface area contributed by atoms with Crippen LogP contribution in [0.25, 0.3) is 17.3 Å². The van der Waals surface area contributed by atoms with Crippen molar-refractivity contribution >= 4 is 29.1 Å². The Morgan fingerprint density at radius 1 is 1.35 bits per heavy atom. The fraction of sp³-hybridized carbons (Fsp3) is 0.304. The molecule has 0 amide bonds. The Labute approximate surface area is 198 Å². The number of ketones is 1. The summed E-state index contributed by atoms with van der Waals surface area (Å²) in [6.45, 7) is 5.07. The fourth-order valence-corrected chi connectivity index (χ4v) is 4.34. The Balaban J connectivity index is 1.76. The molecule has 0 aromatic carbocycles. The van der Waals surface area contributed by atoms with Crippen molar-refractivity contribution in [1.82, 2.24) is 25.3 Å². The van der Waals surface area contributed by atoms with Gasteiger partial charge in [0.2, 0.25) is 11.7 Å². The van der Waals surface area contributed by atoms with Crippen molar-refractivity contribution in [2.45, 2.75) is 31.5 Å². The second-order valence-corrected chi connectivity index (χ2v) is 8.75. The Bertz CT molecular complexity index is 1180. The average molecular weight is 489 g/mol. The molecule has 1 atom stereocenters. The zero-order valence-electron chi connectivity index (χ0n) is 18.2. The van der Waals surface area contributed by atoms with Gasteiger partial charge in [-0.1, -0.05) is 18.7 Å². The minimum atomic E-state index is -4.68. The number of halogens is 3. The molecule has 0 bridgehead atoms. The molecule has 11 heteroatoms. The highest BCUT2D eigenvalue weighted by atomic mass is 32.1. The van der Waals surface area contributed by atoms with E-state index in [1.54, 1.807) is 23.9 Å². The third-order valence-electron chi connectivity index (χ3n) is 5.42. The van der Waals surface area contributed by atoms with Crippen molar-refractivity contribution in [3.05, 3.63) is 64.5 Å². The predicted molar refractivity (Wildman–Crippen MR) is 126 cm³/mol. The number of anilines is 1. The lowest BCUT2D eigenvalue weighted by molar-refractivity contribution is -0.137. The first-order valence-corrected chi connectivity index (χ1v) is 11.6. The van der Waals surface area contributed by atoms with E-state index in [-0.39, 0.29) is 28.9 Å². The molecule has 1 saturated heterocycles.